The van der Waals surface area contributed by atoms with Gasteiger partial charge in [0.2, 0.25) is 0 Å². The Balaban J connectivity index is 2.52. The number of halogens is 1. The minimum atomic E-state index is -0.304. The van der Waals surface area contributed by atoms with Crippen LogP contribution in [0.3, 0.4) is 0 Å². The van der Waals surface area contributed by atoms with Gasteiger partial charge in [-0.2, -0.15) is 0 Å². The van der Waals surface area contributed by atoms with Crippen molar-refractivity contribution in [3.8, 4) is 11.1 Å². The second kappa shape index (κ2) is 4.14. The zero-order valence-electron chi connectivity index (χ0n) is 7.94. The third kappa shape index (κ3) is 1.99. The van der Waals surface area contributed by atoms with Crippen molar-refractivity contribution in [1.82, 2.24) is 9.97 Å². The van der Waals surface area contributed by atoms with Gasteiger partial charge in [-0.15, -0.1) is 0 Å². The molecule has 1 aromatic carbocycles. The molecule has 2 rings (SSSR count). The van der Waals surface area contributed by atoms with Crippen LogP contribution in [0, 0.1) is 12.1 Å². The lowest BCUT2D eigenvalue weighted by atomic mass is 10.1. The fraction of sp³-hybridized carbons (Fsp3) is 0.0909. The fourth-order valence-electron chi connectivity index (χ4n) is 1.32. The third-order valence-corrected chi connectivity index (χ3v) is 2.10. The normalized spacial score (nSPS) is 10.3. The maximum atomic E-state index is 13.5. The van der Waals surface area contributed by atoms with Gasteiger partial charge in [-0.1, -0.05) is 6.07 Å². The zero-order chi connectivity index (χ0) is 10.7. The SMILES string of the molecule is NCc1ccc(F)c(-c2cn[c]nc2)c1. The number of nitrogens with zero attached hydrogens (tertiary/aromatic N) is 2. The highest BCUT2D eigenvalue weighted by Crippen LogP contribution is 2.22. The first-order valence-corrected chi connectivity index (χ1v) is 4.48. The van der Waals surface area contributed by atoms with Crippen molar-refractivity contribution >= 4 is 0 Å². The van der Waals surface area contributed by atoms with E-state index in [1.165, 1.54) is 18.5 Å². The van der Waals surface area contributed by atoms with Crippen molar-refractivity contribution in [1.29, 1.82) is 0 Å². The van der Waals surface area contributed by atoms with Crippen LogP contribution in [0.5, 0.6) is 0 Å². The number of aromatic nitrogens is 2. The average Bonchev–Trinajstić information content (AvgIpc) is 2.31. The molecule has 3 nitrogen and oxygen atoms in total. The van der Waals surface area contributed by atoms with Gasteiger partial charge in [0.1, 0.15) is 5.82 Å². The van der Waals surface area contributed by atoms with Crippen LogP contribution in [0.1, 0.15) is 5.56 Å². The molecule has 0 spiro atoms. The predicted molar refractivity (Wildman–Crippen MR) is 54.2 cm³/mol. The molecule has 2 N–H and O–H groups in total. The number of rotatable bonds is 2. The molecule has 1 heterocycles. The quantitative estimate of drug-likeness (QED) is 0.803. The molecular weight excluding hydrogens is 193 g/mol. The fourth-order valence-corrected chi connectivity index (χ4v) is 1.32. The topological polar surface area (TPSA) is 51.8 Å². The van der Waals surface area contributed by atoms with E-state index >= 15 is 0 Å². The van der Waals surface area contributed by atoms with Crippen LogP contribution in [-0.4, -0.2) is 9.97 Å². The van der Waals surface area contributed by atoms with E-state index in [9.17, 15) is 4.39 Å². The van der Waals surface area contributed by atoms with Crippen molar-refractivity contribution in [2.75, 3.05) is 0 Å². The van der Waals surface area contributed by atoms with E-state index < -0.39 is 0 Å². The van der Waals surface area contributed by atoms with Gasteiger partial charge in [-0.25, -0.2) is 14.4 Å². The lowest BCUT2D eigenvalue weighted by Gasteiger charge is -2.04. The Hall–Kier alpha value is -1.81. The van der Waals surface area contributed by atoms with Crippen LogP contribution in [0.2, 0.25) is 0 Å². The number of hydrogen-bond acceptors (Lipinski definition) is 3. The molecule has 0 atom stereocenters. The van der Waals surface area contributed by atoms with Crippen molar-refractivity contribution in [2.45, 2.75) is 6.54 Å². The molecule has 2 aromatic rings. The van der Waals surface area contributed by atoms with Gasteiger partial charge in [0.25, 0.3) is 0 Å². The highest BCUT2D eigenvalue weighted by atomic mass is 19.1. The van der Waals surface area contributed by atoms with Crippen molar-refractivity contribution in [2.24, 2.45) is 5.73 Å². The predicted octanol–water partition coefficient (Wildman–Crippen LogP) is 1.54. The van der Waals surface area contributed by atoms with Crippen molar-refractivity contribution in [3.05, 3.63) is 48.3 Å². The molecule has 1 radical (unpaired) electrons. The molecule has 0 bridgehead atoms. The second-order valence-corrected chi connectivity index (χ2v) is 3.09. The van der Waals surface area contributed by atoms with Crippen LogP contribution in [0.15, 0.2) is 30.6 Å². The van der Waals surface area contributed by atoms with E-state index in [4.69, 9.17) is 5.73 Å². The largest absolute Gasteiger partial charge is 0.326 e. The summed E-state index contributed by atoms with van der Waals surface area (Å²) < 4.78 is 13.5. The van der Waals surface area contributed by atoms with E-state index in [0.29, 0.717) is 17.7 Å². The summed E-state index contributed by atoms with van der Waals surface area (Å²) in [5.74, 6) is -0.304. The monoisotopic (exact) mass is 202 g/mol. The highest BCUT2D eigenvalue weighted by molar-refractivity contribution is 5.62. The Morgan fingerprint density at radius 1 is 1.27 bits per heavy atom. The maximum absolute atomic E-state index is 13.5. The molecule has 0 aliphatic carbocycles. The number of benzene rings is 1. The molecule has 0 fully saturated rings. The summed E-state index contributed by atoms with van der Waals surface area (Å²) in [6.07, 6.45) is 5.44. The smallest absolute Gasteiger partial charge is 0.197 e. The van der Waals surface area contributed by atoms with E-state index in [0.717, 1.165) is 5.56 Å². The lowest BCUT2D eigenvalue weighted by molar-refractivity contribution is 0.630. The number of hydrogen-bond donors (Lipinski definition) is 1. The Morgan fingerprint density at radius 2 is 2.00 bits per heavy atom. The minimum absolute atomic E-state index is 0.304. The van der Waals surface area contributed by atoms with Crippen LogP contribution < -0.4 is 5.73 Å². The summed E-state index contributed by atoms with van der Waals surface area (Å²) in [4.78, 5) is 7.45. The average molecular weight is 202 g/mol. The van der Waals surface area contributed by atoms with E-state index in [2.05, 4.69) is 16.3 Å². The Morgan fingerprint density at radius 3 is 2.67 bits per heavy atom. The van der Waals surface area contributed by atoms with Gasteiger partial charge in [-0.3, -0.25) is 0 Å². The summed E-state index contributed by atoms with van der Waals surface area (Å²) in [5, 5.41) is 0. The van der Waals surface area contributed by atoms with Crippen molar-refractivity contribution in [3.63, 3.8) is 0 Å². The van der Waals surface area contributed by atoms with Crippen LogP contribution >= 0.6 is 0 Å². The molecule has 0 unspecified atom stereocenters. The molecule has 0 saturated heterocycles. The van der Waals surface area contributed by atoms with Gasteiger partial charge in [-0.05, 0) is 17.7 Å². The summed E-state index contributed by atoms with van der Waals surface area (Å²) in [6, 6.07) is 4.76. The Labute approximate surface area is 86.8 Å². The van der Waals surface area contributed by atoms with Crippen LogP contribution in [0.25, 0.3) is 11.1 Å². The lowest BCUT2D eigenvalue weighted by Crippen LogP contribution is -1.97. The molecule has 0 aliphatic heterocycles. The number of nitrogens with two attached hydrogens (primary N) is 1. The van der Waals surface area contributed by atoms with Gasteiger partial charge in [0.15, 0.2) is 6.33 Å². The second-order valence-electron chi connectivity index (χ2n) is 3.09. The van der Waals surface area contributed by atoms with E-state index in [1.54, 1.807) is 12.1 Å². The first-order valence-electron chi connectivity index (χ1n) is 4.48. The first kappa shape index (κ1) is 9.73. The summed E-state index contributed by atoms with van der Waals surface area (Å²) in [7, 11) is 0. The zero-order valence-corrected chi connectivity index (χ0v) is 7.94. The molecule has 0 aliphatic rings. The molecule has 0 amide bonds. The Bertz CT molecular complexity index is 457. The van der Waals surface area contributed by atoms with E-state index in [1.807, 2.05) is 0 Å². The van der Waals surface area contributed by atoms with Gasteiger partial charge in [0, 0.05) is 30.1 Å². The molecular formula is C11H9FN3. The molecule has 15 heavy (non-hydrogen) atoms. The highest BCUT2D eigenvalue weighted by Gasteiger charge is 2.05. The summed E-state index contributed by atoms with van der Waals surface area (Å²) >= 11 is 0. The van der Waals surface area contributed by atoms with Gasteiger partial charge in [0.05, 0.1) is 0 Å². The molecule has 4 heteroatoms. The molecule has 75 valence electrons. The minimum Gasteiger partial charge on any atom is -0.326 e. The summed E-state index contributed by atoms with van der Waals surface area (Å²) in [5.41, 5.74) is 7.45. The van der Waals surface area contributed by atoms with E-state index in [-0.39, 0.29) is 5.82 Å². The standard InChI is InChI=1S/C11H9FN3/c12-11-2-1-8(4-13)3-10(11)9-5-14-7-15-6-9/h1-3,5-6H,4,13H2. The third-order valence-electron chi connectivity index (χ3n) is 2.10. The first-order chi connectivity index (χ1) is 7.31. The molecule has 1 aromatic heterocycles. The van der Waals surface area contributed by atoms with Gasteiger partial charge < -0.3 is 5.73 Å². The Kier molecular flexibility index (Phi) is 2.69. The van der Waals surface area contributed by atoms with Crippen LogP contribution in [-0.2, 0) is 6.54 Å². The molecule has 0 saturated carbocycles. The van der Waals surface area contributed by atoms with Crippen LogP contribution in [0.4, 0.5) is 4.39 Å². The van der Waals surface area contributed by atoms with Crippen molar-refractivity contribution < 1.29 is 4.39 Å². The summed E-state index contributed by atoms with van der Waals surface area (Å²) in [6.45, 7) is 0.382. The van der Waals surface area contributed by atoms with Gasteiger partial charge >= 0.3 is 0 Å². The maximum Gasteiger partial charge on any atom is 0.197 e.